The van der Waals surface area contributed by atoms with E-state index in [1.54, 1.807) is 6.26 Å². The highest BCUT2D eigenvalue weighted by Crippen LogP contribution is 2.39. The van der Waals surface area contributed by atoms with Crippen molar-refractivity contribution in [3.8, 4) is 0 Å². The molecule has 0 amide bonds. The van der Waals surface area contributed by atoms with E-state index in [0.717, 1.165) is 5.71 Å². The van der Waals surface area contributed by atoms with Crippen LogP contribution in [0.5, 0.6) is 0 Å². The summed E-state index contributed by atoms with van der Waals surface area (Å²) in [5, 5.41) is 1.22. The Morgan fingerprint density at radius 1 is 1.00 bits per heavy atom. The van der Waals surface area contributed by atoms with Gasteiger partial charge in [-0.3, -0.25) is 0 Å². The van der Waals surface area contributed by atoms with Crippen molar-refractivity contribution in [1.82, 2.24) is 4.98 Å². The lowest BCUT2D eigenvalue weighted by Crippen LogP contribution is -2.21. The van der Waals surface area contributed by atoms with Gasteiger partial charge in [-0.15, -0.1) is 0 Å². The molecule has 2 heterocycles. The average Bonchev–Trinajstić information content (AvgIpc) is 2.53. The number of furan rings is 1. The fourth-order valence-electron chi connectivity index (χ4n) is 2.26. The Morgan fingerprint density at radius 3 is 2.12 bits per heavy atom. The van der Waals surface area contributed by atoms with E-state index in [1.165, 1.54) is 16.6 Å². The van der Waals surface area contributed by atoms with Crippen LogP contribution in [0, 0.1) is 0 Å². The molecule has 2 aromatic rings. The third-order valence-corrected chi connectivity index (χ3v) is 2.92. The van der Waals surface area contributed by atoms with E-state index in [1.807, 2.05) is 0 Å². The first-order valence-electron chi connectivity index (χ1n) is 5.81. The van der Waals surface area contributed by atoms with Crippen LogP contribution in [0.15, 0.2) is 16.7 Å². The maximum absolute atomic E-state index is 5.47. The molecule has 0 saturated heterocycles. The molecule has 2 aromatic heterocycles. The van der Waals surface area contributed by atoms with Crippen LogP contribution in [-0.2, 0) is 10.8 Å². The standard InChI is InChI=1S/C14H21NO/c1-13(2,3)10-9-7-8-16-12(9)15-11(10)14(4,5)6/h7-8,15H,1-6H3. The van der Waals surface area contributed by atoms with Crippen molar-refractivity contribution in [2.45, 2.75) is 52.4 Å². The molecule has 88 valence electrons. The predicted octanol–water partition coefficient (Wildman–Crippen LogP) is 4.36. The summed E-state index contributed by atoms with van der Waals surface area (Å²) < 4.78 is 5.47. The van der Waals surface area contributed by atoms with E-state index in [2.05, 4.69) is 52.6 Å². The van der Waals surface area contributed by atoms with E-state index in [9.17, 15) is 0 Å². The minimum atomic E-state index is 0.115. The van der Waals surface area contributed by atoms with Crippen LogP contribution in [-0.4, -0.2) is 4.98 Å². The van der Waals surface area contributed by atoms with Gasteiger partial charge in [0.2, 0.25) is 5.71 Å². The number of aromatic amines is 1. The number of hydrogen-bond donors (Lipinski definition) is 1. The second-order valence-corrected chi connectivity index (χ2v) is 6.54. The minimum Gasteiger partial charge on any atom is -0.448 e. The van der Waals surface area contributed by atoms with E-state index in [4.69, 9.17) is 4.42 Å². The highest BCUT2D eigenvalue weighted by atomic mass is 16.3. The van der Waals surface area contributed by atoms with Gasteiger partial charge in [-0.2, -0.15) is 0 Å². The number of aromatic nitrogens is 1. The summed E-state index contributed by atoms with van der Waals surface area (Å²) in [6.45, 7) is 13.4. The van der Waals surface area contributed by atoms with Gasteiger partial charge in [-0.1, -0.05) is 41.5 Å². The van der Waals surface area contributed by atoms with Crippen molar-refractivity contribution < 1.29 is 4.42 Å². The lowest BCUT2D eigenvalue weighted by Gasteiger charge is -2.26. The monoisotopic (exact) mass is 219 g/mol. The Labute approximate surface area is 97.0 Å². The van der Waals surface area contributed by atoms with Crippen molar-refractivity contribution in [1.29, 1.82) is 0 Å². The summed E-state index contributed by atoms with van der Waals surface area (Å²) in [6.07, 6.45) is 1.75. The van der Waals surface area contributed by atoms with Gasteiger partial charge in [0.25, 0.3) is 0 Å². The molecule has 2 heteroatoms. The summed E-state index contributed by atoms with van der Waals surface area (Å²) in [7, 11) is 0. The van der Waals surface area contributed by atoms with Crippen LogP contribution in [0.4, 0.5) is 0 Å². The normalized spacial score (nSPS) is 13.6. The van der Waals surface area contributed by atoms with E-state index < -0.39 is 0 Å². The Morgan fingerprint density at radius 2 is 1.62 bits per heavy atom. The highest BCUT2D eigenvalue weighted by Gasteiger charge is 2.30. The Bertz CT molecular complexity index is 503. The Kier molecular flexibility index (Phi) is 2.23. The van der Waals surface area contributed by atoms with E-state index >= 15 is 0 Å². The zero-order valence-electron chi connectivity index (χ0n) is 11.1. The second-order valence-electron chi connectivity index (χ2n) is 6.54. The van der Waals surface area contributed by atoms with Crippen LogP contribution in [0.25, 0.3) is 11.1 Å². The lowest BCUT2D eigenvalue weighted by molar-refractivity contribution is 0.520. The quantitative estimate of drug-likeness (QED) is 0.701. The number of fused-ring (bicyclic) bond motifs is 1. The molecule has 0 fully saturated rings. The van der Waals surface area contributed by atoms with Gasteiger partial charge in [-0.05, 0) is 17.0 Å². The summed E-state index contributed by atoms with van der Waals surface area (Å²) >= 11 is 0. The molecule has 0 aliphatic carbocycles. The van der Waals surface area contributed by atoms with Gasteiger partial charge in [-0.25, -0.2) is 0 Å². The summed E-state index contributed by atoms with van der Waals surface area (Å²) in [6, 6.07) is 2.06. The molecule has 0 unspecified atom stereocenters. The number of rotatable bonds is 0. The first-order valence-corrected chi connectivity index (χ1v) is 5.81. The largest absolute Gasteiger partial charge is 0.448 e. The minimum absolute atomic E-state index is 0.115. The number of hydrogen-bond acceptors (Lipinski definition) is 1. The van der Waals surface area contributed by atoms with Crippen LogP contribution >= 0.6 is 0 Å². The first kappa shape index (κ1) is 11.3. The molecule has 2 rings (SSSR count). The molecular formula is C14H21NO. The van der Waals surface area contributed by atoms with Gasteiger partial charge in [0.15, 0.2) is 0 Å². The fraction of sp³-hybridized carbons (Fsp3) is 0.571. The molecule has 1 N–H and O–H groups in total. The zero-order chi connectivity index (χ0) is 12.1. The topological polar surface area (TPSA) is 28.9 Å². The van der Waals surface area contributed by atoms with Crippen molar-refractivity contribution in [2.24, 2.45) is 0 Å². The maximum atomic E-state index is 5.47. The molecule has 0 saturated carbocycles. The Balaban J connectivity index is 2.79. The highest BCUT2D eigenvalue weighted by molar-refractivity contribution is 5.82. The van der Waals surface area contributed by atoms with Gasteiger partial charge in [0, 0.05) is 16.5 Å². The first-order chi connectivity index (χ1) is 7.21. The van der Waals surface area contributed by atoms with Gasteiger partial charge in [0.1, 0.15) is 0 Å². The van der Waals surface area contributed by atoms with Crippen LogP contribution in [0.2, 0.25) is 0 Å². The SMILES string of the molecule is CC(C)(C)c1[nH]c2occc2c1C(C)(C)C. The van der Waals surface area contributed by atoms with Crippen LogP contribution < -0.4 is 0 Å². The summed E-state index contributed by atoms with van der Waals surface area (Å²) in [5.41, 5.74) is 3.81. The molecule has 0 atom stereocenters. The molecule has 0 spiro atoms. The zero-order valence-corrected chi connectivity index (χ0v) is 11.1. The predicted molar refractivity (Wildman–Crippen MR) is 68.0 cm³/mol. The number of nitrogens with one attached hydrogen (secondary N) is 1. The average molecular weight is 219 g/mol. The third kappa shape index (κ3) is 1.66. The van der Waals surface area contributed by atoms with Crippen LogP contribution in [0.1, 0.15) is 52.8 Å². The van der Waals surface area contributed by atoms with E-state index in [-0.39, 0.29) is 10.8 Å². The van der Waals surface area contributed by atoms with Gasteiger partial charge < -0.3 is 9.40 Å². The summed E-state index contributed by atoms with van der Waals surface area (Å²) in [4.78, 5) is 3.42. The van der Waals surface area contributed by atoms with Crippen LogP contribution in [0.3, 0.4) is 0 Å². The van der Waals surface area contributed by atoms with Crippen molar-refractivity contribution in [2.75, 3.05) is 0 Å². The van der Waals surface area contributed by atoms with Gasteiger partial charge in [0.05, 0.1) is 6.26 Å². The molecule has 0 aromatic carbocycles. The van der Waals surface area contributed by atoms with E-state index in [0.29, 0.717) is 0 Å². The number of H-pyrrole nitrogens is 1. The van der Waals surface area contributed by atoms with Gasteiger partial charge >= 0.3 is 0 Å². The van der Waals surface area contributed by atoms with Crippen molar-refractivity contribution in [3.63, 3.8) is 0 Å². The molecule has 0 radical (unpaired) electrons. The molecule has 0 aliphatic rings. The molecule has 16 heavy (non-hydrogen) atoms. The summed E-state index contributed by atoms with van der Waals surface area (Å²) in [5.74, 6) is 0. The smallest absolute Gasteiger partial charge is 0.204 e. The third-order valence-electron chi connectivity index (χ3n) is 2.92. The molecule has 0 bridgehead atoms. The second kappa shape index (κ2) is 3.16. The maximum Gasteiger partial charge on any atom is 0.204 e. The molecule has 0 aliphatic heterocycles. The molecule has 2 nitrogen and oxygen atoms in total. The van der Waals surface area contributed by atoms with Crippen molar-refractivity contribution in [3.05, 3.63) is 23.6 Å². The molecular weight excluding hydrogens is 198 g/mol. The fourth-order valence-corrected chi connectivity index (χ4v) is 2.26. The van der Waals surface area contributed by atoms with Crippen molar-refractivity contribution >= 4 is 11.1 Å². The lowest BCUT2D eigenvalue weighted by atomic mass is 9.78. The Hall–Kier alpha value is -1.18.